The largest absolute Gasteiger partial charge is 0.407 e. The first-order valence-electron chi connectivity index (χ1n) is 8.51. The van der Waals surface area contributed by atoms with Gasteiger partial charge in [-0.05, 0) is 47.7 Å². The van der Waals surface area contributed by atoms with Crippen molar-refractivity contribution in [3.8, 4) is 0 Å². The topological polar surface area (TPSA) is 102 Å². The lowest BCUT2D eigenvalue weighted by Gasteiger charge is -2.02. The van der Waals surface area contributed by atoms with Crippen LogP contribution >= 0.6 is 11.8 Å². The monoisotopic (exact) mass is 417 g/mol. The van der Waals surface area contributed by atoms with Crippen LogP contribution in [0, 0.1) is 0 Å². The third-order valence-electron chi connectivity index (χ3n) is 3.82. The van der Waals surface area contributed by atoms with Crippen molar-refractivity contribution in [2.24, 2.45) is 0 Å². The van der Waals surface area contributed by atoms with Crippen LogP contribution in [-0.2, 0) is 16.3 Å². The van der Waals surface area contributed by atoms with Crippen molar-refractivity contribution in [1.29, 1.82) is 0 Å². The van der Waals surface area contributed by atoms with E-state index in [1.54, 1.807) is 11.8 Å². The Bertz CT molecular complexity index is 1060. The molecule has 0 aliphatic heterocycles. The highest BCUT2D eigenvalue weighted by molar-refractivity contribution is 7.99. The van der Waals surface area contributed by atoms with Crippen molar-refractivity contribution in [2.75, 3.05) is 17.3 Å². The predicted molar refractivity (Wildman–Crippen MR) is 107 cm³/mol. The molecule has 1 heterocycles. The number of hydrogen-bond donors (Lipinski definition) is 1. The van der Waals surface area contributed by atoms with Gasteiger partial charge < -0.3 is 4.42 Å². The van der Waals surface area contributed by atoms with E-state index >= 15 is 0 Å². The first kappa shape index (κ1) is 20.1. The van der Waals surface area contributed by atoms with Crippen LogP contribution in [0.2, 0.25) is 0 Å². The van der Waals surface area contributed by atoms with Crippen molar-refractivity contribution in [2.45, 2.75) is 23.1 Å². The van der Waals surface area contributed by atoms with Gasteiger partial charge in [0, 0.05) is 16.7 Å². The molecule has 0 aliphatic rings. The van der Waals surface area contributed by atoms with Crippen molar-refractivity contribution < 1.29 is 17.6 Å². The Kier molecular flexibility index (Phi) is 6.15. The highest BCUT2D eigenvalue weighted by Crippen LogP contribution is 2.19. The fraction of sp³-hybridized carbons (Fsp3) is 0.211. The molecule has 0 radical (unpaired) electrons. The highest BCUT2D eigenvalue weighted by atomic mass is 32.2. The number of thioether (sulfide) groups is 1. The number of amides is 1. The number of rotatable bonds is 7. The van der Waals surface area contributed by atoms with Crippen molar-refractivity contribution in [1.82, 2.24) is 10.2 Å². The third kappa shape index (κ3) is 5.20. The van der Waals surface area contributed by atoms with Crippen LogP contribution < -0.4 is 5.32 Å². The summed E-state index contributed by atoms with van der Waals surface area (Å²) in [4.78, 5) is 13.6. The standard InChI is InChI=1S/C19H19N3O4S2/c1-3-27-15-8-4-13(5-9-15)12-17-21-22-19(26-17)20-18(23)14-6-10-16(11-7-14)28(2,24)25/h4-11H,3,12H2,1-2H3,(H,20,22,23). The zero-order valence-corrected chi connectivity index (χ0v) is 17.0. The third-order valence-corrected chi connectivity index (χ3v) is 5.84. The summed E-state index contributed by atoms with van der Waals surface area (Å²) in [5, 5.41) is 10.3. The molecule has 0 saturated carbocycles. The second kappa shape index (κ2) is 8.57. The molecule has 0 spiro atoms. The smallest absolute Gasteiger partial charge is 0.322 e. The van der Waals surface area contributed by atoms with Gasteiger partial charge in [-0.2, -0.15) is 0 Å². The lowest BCUT2D eigenvalue weighted by atomic mass is 10.1. The zero-order valence-electron chi connectivity index (χ0n) is 15.4. The lowest BCUT2D eigenvalue weighted by Crippen LogP contribution is -2.12. The van der Waals surface area contributed by atoms with Crippen LogP contribution in [0.25, 0.3) is 0 Å². The Balaban J connectivity index is 1.63. The molecule has 2 aromatic carbocycles. The van der Waals surface area contributed by atoms with Crippen LogP contribution in [0.4, 0.5) is 6.01 Å². The maximum Gasteiger partial charge on any atom is 0.322 e. The van der Waals surface area contributed by atoms with E-state index in [0.29, 0.717) is 12.3 Å². The second-order valence-corrected chi connectivity index (χ2v) is 9.36. The minimum absolute atomic E-state index is 0.00894. The van der Waals surface area contributed by atoms with Gasteiger partial charge in [-0.15, -0.1) is 16.9 Å². The summed E-state index contributed by atoms with van der Waals surface area (Å²) >= 11 is 1.77. The molecular formula is C19H19N3O4S2. The normalized spacial score (nSPS) is 11.4. The van der Waals surface area contributed by atoms with Crippen molar-refractivity contribution in [3.63, 3.8) is 0 Å². The van der Waals surface area contributed by atoms with E-state index in [2.05, 4.69) is 22.4 Å². The number of carbonyl (C=O) groups is 1. The summed E-state index contributed by atoms with van der Waals surface area (Å²) in [5.74, 6) is 0.943. The summed E-state index contributed by atoms with van der Waals surface area (Å²) in [7, 11) is -3.31. The van der Waals surface area contributed by atoms with Gasteiger partial charge in [0.15, 0.2) is 9.84 Å². The van der Waals surface area contributed by atoms with Gasteiger partial charge in [0.25, 0.3) is 5.91 Å². The van der Waals surface area contributed by atoms with Crippen LogP contribution in [0.1, 0.15) is 28.7 Å². The number of benzene rings is 2. The number of hydrogen-bond acceptors (Lipinski definition) is 7. The molecule has 3 aromatic rings. The van der Waals surface area contributed by atoms with Crippen molar-refractivity contribution >= 4 is 33.5 Å². The van der Waals surface area contributed by atoms with E-state index in [4.69, 9.17) is 4.42 Å². The Morgan fingerprint density at radius 3 is 2.36 bits per heavy atom. The summed E-state index contributed by atoms with van der Waals surface area (Å²) in [6.07, 6.45) is 1.57. The van der Waals surface area contributed by atoms with E-state index in [1.807, 2.05) is 24.3 Å². The van der Waals surface area contributed by atoms with Gasteiger partial charge in [0.05, 0.1) is 11.3 Å². The molecule has 0 saturated heterocycles. The van der Waals surface area contributed by atoms with Crippen molar-refractivity contribution in [3.05, 3.63) is 65.5 Å². The van der Waals surface area contributed by atoms with Crippen LogP contribution in [0.15, 0.2) is 62.7 Å². The number of aromatic nitrogens is 2. The van der Waals surface area contributed by atoms with E-state index in [0.717, 1.165) is 17.6 Å². The van der Waals surface area contributed by atoms with Gasteiger partial charge >= 0.3 is 6.01 Å². The molecule has 28 heavy (non-hydrogen) atoms. The predicted octanol–water partition coefficient (Wildman–Crippen LogP) is 3.43. The number of nitrogens with zero attached hydrogens (tertiary/aromatic N) is 2. The average molecular weight is 418 g/mol. The maximum atomic E-state index is 12.3. The Hall–Kier alpha value is -2.65. The quantitative estimate of drug-likeness (QED) is 0.588. The number of carbonyl (C=O) groups excluding carboxylic acids is 1. The van der Waals surface area contributed by atoms with Gasteiger partial charge in [-0.25, -0.2) is 8.42 Å². The minimum atomic E-state index is -3.31. The molecule has 0 aliphatic carbocycles. The lowest BCUT2D eigenvalue weighted by molar-refractivity contribution is 0.102. The summed E-state index contributed by atoms with van der Waals surface area (Å²) in [6.45, 7) is 2.10. The molecule has 0 atom stereocenters. The van der Waals surface area contributed by atoms with E-state index in [-0.39, 0.29) is 16.5 Å². The maximum absolute atomic E-state index is 12.3. The second-order valence-electron chi connectivity index (χ2n) is 6.01. The van der Waals surface area contributed by atoms with E-state index < -0.39 is 15.7 Å². The van der Waals surface area contributed by atoms with E-state index in [1.165, 1.54) is 29.2 Å². The summed E-state index contributed by atoms with van der Waals surface area (Å²) in [6, 6.07) is 13.7. The molecule has 9 heteroatoms. The SMILES string of the molecule is CCSc1ccc(Cc2nnc(NC(=O)c3ccc(S(C)(=O)=O)cc3)o2)cc1. The molecular weight excluding hydrogens is 398 g/mol. The van der Waals surface area contributed by atoms with Gasteiger partial charge in [-0.1, -0.05) is 24.2 Å². The van der Waals surface area contributed by atoms with Gasteiger partial charge in [0.1, 0.15) is 0 Å². The fourth-order valence-electron chi connectivity index (χ4n) is 2.44. The first-order chi connectivity index (χ1) is 13.3. The van der Waals surface area contributed by atoms with Crippen LogP contribution in [0.3, 0.4) is 0 Å². The molecule has 146 valence electrons. The molecule has 1 aromatic heterocycles. The van der Waals surface area contributed by atoms with Crippen LogP contribution in [-0.4, -0.2) is 36.5 Å². The number of sulfone groups is 1. The van der Waals surface area contributed by atoms with E-state index in [9.17, 15) is 13.2 Å². The van der Waals surface area contributed by atoms with Gasteiger partial charge in [0.2, 0.25) is 5.89 Å². The number of nitrogens with one attached hydrogen (secondary N) is 1. The Labute approximate surface area is 167 Å². The highest BCUT2D eigenvalue weighted by Gasteiger charge is 2.13. The summed E-state index contributed by atoms with van der Waals surface area (Å²) < 4.78 is 28.4. The number of anilines is 1. The summed E-state index contributed by atoms with van der Waals surface area (Å²) in [5.41, 5.74) is 1.31. The molecule has 0 bridgehead atoms. The molecule has 1 amide bonds. The fourth-order valence-corrected chi connectivity index (χ4v) is 3.74. The van der Waals surface area contributed by atoms with Crippen LogP contribution in [0.5, 0.6) is 0 Å². The first-order valence-corrected chi connectivity index (χ1v) is 11.4. The molecule has 0 unspecified atom stereocenters. The minimum Gasteiger partial charge on any atom is -0.407 e. The zero-order chi connectivity index (χ0) is 20.1. The molecule has 0 fully saturated rings. The molecule has 7 nitrogen and oxygen atoms in total. The molecule has 1 N–H and O–H groups in total. The van der Waals surface area contributed by atoms with Gasteiger partial charge in [-0.3, -0.25) is 10.1 Å². The Morgan fingerprint density at radius 1 is 1.07 bits per heavy atom. The molecule has 3 rings (SSSR count). The Morgan fingerprint density at radius 2 is 1.75 bits per heavy atom. The average Bonchev–Trinajstić information content (AvgIpc) is 3.10.